The predicted octanol–water partition coefficient (Wildman–Crippen LogP) is 3.61. The minimum atomic E-state index is -0.636. The van der Waals surface area contributed by atoms with Crippen molar-refractivity contribution in [1.82, 2.24) is 10.2 Å². The Kier molecular flexibility index (Phi) is 9.50. The van der Waals surface area contributed by atoms with Gasteiger partial charge in [0.25, 0.3) is 0 Å². The molecule has 1 aliphatic rings. The fraction of sp³-hybridized carbons (Fsp3) is 0.600. The van der Waals surface area contributed by atoms with Crippen LogP contribution in [0.2, 0.25) is 5.02 Å². The number of nitrogens with one attached hydrogen (secondary N) is 1. The first-order valence-electron chi connectivity index (χ1n) is 11.7. The van der Waals surface area contributed by atoms with E-state index in [2.05, 4.69) is 5.32 Å². The highest BCUT2D eigenvalue weighted by molar-refractivity contribution is 6.33. The smallest absolute Gasteiger partial charge is 0.307 e. The van der Waals surface area contributed by atoms with Crippen LogP contribution < -0.4 is 11.1 Å². The number of amides is 2. The van der Waals surface area contributed by atoms with Crippen LogP contribution in [-0.4, -0.2) is 53.7 Å². The van der Waals surface area contributed by atoms with Crippen molar-refractivity contribution in [2.24, 2.45) is 11.3 Å². The molecule has 188 valence electrons. The molecule has 0 aliphatic carbocycles. The number of esters is 1. The Morgan fingerprint density at radius 3 is 2.50 bits per heavy atom. The standard InChI is InChI=1S/C25H36ClN3O5/c1-6-34-22(31)12-15(2)28-23(32)20-8-7-11-29(20)24(33)17(25(3,4)5)14-21(30)16-9-10-19(27)18(26)13-16/h9-10,13,15,17,20H,6-8,11-12,14,27H2,1-5H3,(H,28,32). The van der Waals surface area contributed by atoms with Gasteiger partial charge in [0, 0.05) is 24.6 Å². The van der Waals surface area contributed by atoms with Crippen molar-refractivity contribution in [3.05, 3.63) is 28.8 Å². The van der Waals surface area contributed by atoms with E-state index < -0.39 is 23.4 Å². The highest BCUT2D eigenvalue weighted by Gasteiger charge is 2.42. The zero-order chi connectivity index (χ0) is 25.6. The van der Waals surface area contributed by atoms with Crippen LogP contribution in [0.1, 0.15) is 70.7 Å². The molecule has 1 aliphatic heterocycles. The second kappa shape index (κ2) is 11.7. The number of ether oxygens (including phenoxy) is 1. The Bertz CT molecular complexity index is 928. The minimum Gasteiger partial charge on any atom is -0.466 e. The third-order valence-electron chi connectivity index (χ3n) is 6.06. The number of hydrogen-bond acceptors (Lipinski definition) is 6. The quantitative estimate of drug-likeness (QED) is 0.308. The molecule has 0 spiro atoms. The van der Waals surface area contributed by atoms with Gasteiger partial charge in [-0.15, -0.1) is 0 Å². The first kappa shape index (κ1) is 27.6. The molecule has 0 saturated carbocycles. The number of hydrogen-bond donors (Lipinski definition) is 2. The Morgan fingerprint density at radius 2 is 1.91 bits per heavy atom. The number of anilines is 1. The number of carbonyl (C=O) groups is 4. The molecule has 1 aromatic carbocycles. The average Bonchev–Trinajstić information content (AvgIpc) is 3.22. The molecule has 8 nitrogen and oxygen atoms in total. The maximum absolute atomic E-state index is 13.6. The number of nitrogens with two attached hydrogens (primary N) is 1. The fourth-order valence-electron chi connectivity index (χ4n) is 4.13. The van der Waals surface area contributed by atoms with E-state index in [1.807, 2.05) is 20.8 Å². The number of halogens is 1. The fourth-order valence-corrected chi connectivity index (χ4v) is 4.31. The van der Waals surface area contributed by atoms with Gasteiger partial charge < -0.3 is 20.7 Å². The van der Waals surface area contributed by atoms with Gasteiger partial charge in [-0.05, 0) is 50.3 Å². The number of likely N-dealkylation sites (tertiary alicyclic amines) is 1. The number of carbonyl (C=O) groups excluding carboxylic acids is 4. The summed E-state index contributed by atoms with van der Waals surface area (Å²) in [4.78, 5) is 52.8. The van der Waals surface area contributed by atoms with Crippen molar-refractivity contribution in [3.8, 4) is 0 Å². The number of benzene rings is 1. The van der Waals surface area contributed by atoms with Gasteiger partial charge in [0.15, 0.2) is 5.78 Å². The summed E-state index contributed by atoms with van der Waals surface area (Å²) in [6.07, 6.45) is 1.27. The van der Waals surface area contributed by atoms with E-state index in [1.165, 1.54) is 6.07 Å². The number of Topliss-reactive ketones (excluding diaryl/α,β-unsaturated/α-hetero) is 1. The molecule has 1 aromatic rings. The first-order valence-corrected chi connectivity index (χ1v) is 12.1. The van der Waals surface area contributed by atoms with E-state index >= 15 is 0 Å². The van der Waals surface area contributed by atoms with Crippen LogP contribution in [-0.2, 0) is 19.1 Å². The van der Waals surface area contributed by atoms with E-state index in [0.29, 0.717) is 30.6 Å². The molecule has 9 heteroatoms. The maximum atomic E-state index is 13.6. The van der Waals surface area contributed by atoms with E-state index in [9.17, 15) is 19.2 Å². The van der Waals surface area contributed by atoms with Crippen LogP contribution in [0.3, 0.4) is 0 Å². The van der Waals surface area contributed by atoms with Gasteiger partial charge >= 0.3 is 5.97 Å². The number of nitrogen functional groups attached to an aromatic ring is 1. The van der Waals surface area contributed by atoms with Crippen LogP contribution in [0.5, 0.6) is 0 Å². The summed E-state index contributed by atoms with van der Waals surface area (Å²) in [6, 6.07) is 3.63. The Balaban J connectivity index is 2.14. The molecule has 1 heterocycles. The lowest BCUT2D eigenvalue weighted by Crippen LogP contribution is -2.51. The number of nitrogens with zero attached hydrogens (tertiary/aromatic N) is 1. The van der Waals surface area contributed by atoms with Crippen molar-refractivity contribution >= 4 is 40.9 Å². The van der Waals surface area contributed by atoms with Crippen LogP contribution >= 0.6 is 11.6 Å². The zero-order valence-electron chi connectivity index (χ0n) is 20.7. The molecule has 0 bridgehead atoms. The van der Waals surface area contributed by atoms with Gasteiger partial charge in [-0.3, -0.25) is 19.2 Å². The summed E-state index contributed by atoms with van der Waals surface area (Å²) in [5.41, 5.74) is 6.01. The van der Waals surface area contributed by atoms with Crippen LogP contribution in [0.4, 0.5) is 5.69 Å². The van der Waals surface area contributed by atoms with E-state index in [1.54, 1.807) is 30.9 Å². The Hall–Kier alpha value is -2.61. The second-order valence-corrected chi connectivity index (χ2v) is 10.3. The molecule has 34 heavy (non-hydrogen) atoms. The summed E-state index contributed by atoms with van der Waals surface area (Å²) < 4.78 is 4.93. The largest absolute Gasteiger partial charge is 0.466 e. The van der Waals surface area contributed by atoms with Crippen molar-refractivity contribution in [2.45, 2.75) is 72.4 Å². The lowest BCUT2D eigenvalue weighted by Gasteiger charge is -2.35. The second-order valence-electron chi connectivity index (χ2n) is 9.89. The zero-order valence-corrected chi connectivity index (χ0v) is 21.4. The summed E-state index contributed by atoms with van der Waals surface area (Å²) in [5, 5.41) is 3.11. The third kappa shape index (κ3) is 7.19. The molecule has 3 unspecified atom stereocenters. The maximum Gasteiger partial charge on any atom is 0.307 e. The van der Waals surface area contributed by atoms with Gasteiger partial charge in [-0.2, -0.15) is 0 Å². The van der Waals surface area contributed by atoms with Gasteiger partial charge in [-0.1, -0.05) is 32.4 Å². The Labute approximate surface area is 206 Å². The summed E-state index contributed by atoms with van der Waals surface area (Å²) in [7, 11) is 0. The van der Waals surface area contributed by atoms with E-state index in [4.69, 9.17) is 22.1 Å². The molecule has 3 atom stereocenters. The van der Waals surface area contributed by atoms with Gasteiger partial charge in [0.2, 0.25) is 11.8 Å². The average molecular weight is 494 g/mol. The SMILES string of the molecule is CCOC(=O)CC(C)NC(=O)C1CCCN1C(=O)C(CC(=O)c1ccc(N)c(Cl)c1)C(C)(C)C. The molecule has 1 fully saturated rings. The highest BCUT2D eigenvalue weighted by atomic mass is 35.5. The lowest BCUT2D eigenvalue weighted by molar-refractivity contribution is -0.146. The number of rotatable bonds is 9. The Morgan fingerprint density at radius 1 is 1.24 bits per heavy atom. The predicted molar refractivity (Wildman–Crippen MR) is 131 cm³/mol. The summed E-state index contributed by atoms with van der Waals surface area (Å²) >= 11 is 6.07. The molecule has 2 amide bonds. The molecule has 1 saturated heterocycles. The molecule has 3 N–H and O–H groups in total. The van der Waals surface area contributed by atoms with Crippen LogP contribution in [0.25, 0.3) is 0 Å². The molecular formula is C25H36ClN3O5. The monoisotopic (exact) mass is 493 g/mol. The molecule has 0 radical (unpaired) electrons. The lowest BCUT2D eigenvalue weighted by atomic mass is 9.76. The van der Waals surface area contributed by atoms with Crippen molar-refractivity contribution < 1.29 is 23.9 Å². The normalized spacial score (nSPS) is 17.7. The van der Waals surface area contributed by atoms with Crippen LogP contribution in [0, 0.1) is 11.3 Å². The van der Waals surface area contributed by atoms with Crippen LogP contribution in [0.15, 0.2) is 18.2 Å². The first-order chi connectivity index (χ1) is 15.8. The van der Waals surface area contributed by atoms with Gasteiger partial charge in [0.05, 0.1) is 29.7 Å². The van der Waals surface area contributed by atoms with E-state index in [-0.39, 0.29) is 48.0 Å². The molecule has 0 aromatic heterocycles. The van der Waals surface area contributed by atoms with Gasteiger partial charge in [-0.25, -0.2) is 0 Å². The third-order valence-corrected chi connectivity index (χ3v) is 6.39. The highest BCUT2D eigenvalue weighted by Crippen LogP contribution is 2.34. The molecule has 2 rings (SSSR count). The van der Waals surface area contributed by atoms with Crippen molar-refractivity contribution in [1.29, 1.82) is 0 Å². The topological polar surface area (TPSA) is 119 Å². The molecular weight excluding hydrogens is 458 g/mol. The summed E-state index contributed by atoms with van der Waals surface area (Å²) in [5.74, 6) is -1.74. The summed E-state index contributed by atoms with van der Waals surface area (Å²) in [6.45, 7) is 9.89. The van der Waals surface area contributed by atoms with Gasteiger partial charge in [0.1, 0.15) is 6.04 Å². The number of ketones is 1. The minimum absolute atomic E-state index is 0.00726. The van der Waals surface area contributed by atoms with Crippen molar-refractivity contribution in [2.75, 3.05) is 18.9 Å². The van der Waals surface area contributed by atoms with Crippen molar-refractivity contribution in [3.63, 3.8) is 0 Å². The van der Waals surface area contributed by atoms with E-state index in [0.717, 1.165) is 0 Å².